The van der Waals surface area contributed by atoms with Crippen molar-refractivity contribution in [2.24, 2.45) is 0 Å². The Morgan fingerprint density at radius 2 is 2.00 bits per heavy atom. The Labute approximate surface area is 149 Å². The van der Waals surface area contributed by atoms with Crippen molar-refractivity contribution in [1.82, 2.24) is 10.3 Å². The number of benzene rings is 1. The van der Waals surface area contributed by atoms with Crippen LogP contribution in [0.1, 0.15) is 29.9 Å². The molecular formula is C18H20F4N4. The molecule has 1 aliphatic heterocycles. The molecule has 1 fully saturated rings. The van der Waals surface area contributed by atoms with E-state index in [1.165, 1.54) is 19.3 Å². The fraction of sp³-hybridized carbons (Fsp3) is 0.389. The number of nitrogens with one attached hydrogen (secondary N) is 3. The van der Waals surface area contributed by atoms with E-state index in [1.807, 2.05) is 0 Å². The van der Waals surface area contributed by atoms with Gasteiger partial charge in [0.2, 0.25) is 5.95 Å². The number of pyridine rings is 1. The van der Waals surface area contributed by atoms with Gasteiger partial charge in [0.1, 0.15) is 0 Å². The average Bonchev–Trinajstić information content (AvgIpc) is 2.63. The highest BCUT2D eigenvalue weighted by Crippen LogP contribution is 2.42. The summed E-state index contributed by atoms with van der Waals surface area (Å²) >= 11 is 0. The molecule has 0 spiro atoms. The molecule has 2 heterocycles. The molecule has 3 N–H and O–H groups in total. The summed E-state index contributed by atoms with van der Waals surface area (Å²) in [4.78, 5) is 3.52. The van der Waals surface area contributed by atoms with Crippen LogP contribution >= 0.6 is 0 Å². The minimum atomic E-state index is -4.49. The summed E-state index contributed by atoms with van der Waals surface area (Å²) in [6.45, 7) is 1.50. The summed E-state index contributed by atoms with van der Waals surface area (Å²) in [6, 6.07) is 5.38. The van der Waals surface area contributed by atoms with Crippen LogP contribution < -0.4 is 16.0 Å². The third kappa shape index (κ3) is 4.07. The summed E-state index contributed by atoms with van der Waals surface area (Å²) in [5.41, 5.74) is 0.719. The molecule has 1 aromatic heterocycles. The van der Waals surface area contributed by atoms with E-state index in [1.54, 1.807) is 6.07 Å². The second-order valence-electron chi connectivity index (χ2n) is 6.27. The van der Waals surface area contributed by atoms with Crippen LogP contribution in [0.15, 0.2) is 30.5 Å². The van der Waals surface area contributed by atoms with Gasteiger partial charge in [-0.1, -0.05) is 0 Å². The van der Waals surface area contributed by atoms with Crippen LogP contribution in [-0.4, -0.2) is 25.1 Å². The lowest BCUT2D eigenvalue weighted by Gasteiger charge is -2.28. The topological polar surface area (TPSA) is 49.0 Å². The molecule has 0 bridgehead atoms. The molecule has 3 rings (SSSR count). The number of hydrogen-bond acceptors (Lipinski definition) is 4. The number of hydrogen-bond donors (Lipinski definition) is 3. The maximum absolute atomic E-state index is 13.6. The van der Waals surface area contributed by atoms with E-state index >= 15 is 0 Å². The first kappa shape index (κ1) is 18.4. The van der Waals surface area contributed by atoms with Gasteiger partial charge < -0.3 is 16.0 Å². The lowest BCUT2D eigenvalue weighted by molar-refractivity contribution is -0.136. The zero-order valence-electron chi connectivity index (χ0n) is 14.3. The lowest BCUT2D eigenvalue weighted by Crippen LogP contribution is -2.29. The molecular weight excluding hydrogens is 348 g/mol. The maximum Gasteiger partial charge on any atom is 0.418 e. The van der Waals surface area contributed by atoms with Crippen molar-refractivity contribution in [1.29, 1.82) is 0 Å². The highest BCUT2D eigenvalue weighted by atomic mass is 19.4. The molecule has 2 aromatic rings. The fourth-order valence-corrected chi connectivity index (χ4v) is 3.29. The molecule has 0 aliphatic carbocycles. The summed E-state index contributed by atoms with van der Waals surface area (Å²) < 4.78 is 53.8. The van der Waals surface area contributed by atoms with Crippen molar-refractivity contribution in [3.63, 3.8) is 0 Å². The van der Waals surface area contributed by atoms with Crippen LogP contribution in [0.25, 0.3) is 0 Å². The van der Waals surface area contributed by atoms with E-state index in [0.29, 0.717) is 23.5 Å². The molecule has 140 valence electrons. The second kappa shape index (κ2) is 7.49. The van der Waals surface area contributed by atoms with Gasteiger partial charge in [0.05, 0.1) is 17.4 Å². The van der Waals surface area contributed by atoms with Crippen molar-refractivity contribution in [2.75, 3.05) is 30.8 Å². The Kier molecular flexibility index (Phi) is 5.31. The Morgan fingerprint density at radius 3 is 2.58 bits per heavy atom. The first-order chi connectivity index (χ1) is 12.4. The van der Waals surface area contributed by atoms with Gasteiger partial charge in [-0.3, -0.25) is 0 Å². The number of nitrogens with zero attached hydrogens (tertiary/aromatic N) is 1. The molecule has 0 amide bonds. The molecule has 1 saturated heterocycles. The number of halogens is 4. The fourth-order valence-electron chi connectivity index (χ4n) is 3.29. The first-order valence-electron chi connectivity index (χ1n) is 8.40. The molecule has 26 heavy (non-hydrogen) atoms. The number of piperidine rings is 1. The molecule has 4 nitrogen and oxygen atoms in total. The Morgan fingerprint density at radius 1 is 1.19 bits per heavy atom. The average molecular weight is 368 g/mol. The predicted molar refractivity (Wildman–Crippen MR) is 93.3 cm³/mol. The summed E-state index contributed by atoms with van der Waals surface area (Å²) in [7, 11) is 1.50. The Bertz CT molecular complexity index is 753. The third-order valence-corrected chi connectivity index (χ3v) is 4.48. The predicted octanol–water partition coefficient (Wildman–Crippen LogP) is 4.49. The Hall–Kier alpha value is -2.35. The van der Waals surface area contributed by atoms with Crippen LogP contribution in [0.4, 0.5) is 34.6 Å². The third-order valence-electron chi connectivity index (χ3n) is 4.48. The van der Waals surface area contributed by atoms with Crippen LogP contribution in [0, 0.1) is 5.95 Å². The van der Waals surface area contributed by atoms with Crippen molar-refractivity contribution in [3.8, 4) is 0 Å². The molecule has 1 unspecified atom stereocenters. The van der Waals surface area contributed by atoms with E-state index in [-0.39, 0.29) is 11.6 Å². The summed E-state index contributed by atoms with van der Waals surface area (Å²) in [5, 5.41) is 8.86. The normalized spacial score (nSPS) is 17.8. The van der Waals surface area contributed by atoms with Crippen LogP contribution in [0.5, 0.6) is 0 Å². The summed E-state index contributed by atoms with van der Waals surface area (Å²) in [5.74, 6) is -0.661. The van der Waals surface area contributed by atoms with Crippen molar-refractivity contribution < 1.29 is 17.6 Å². The van der Waals surface area contributed by atoms with E-state index in [4.69, 9.17) is 0 Å². The van der Waals surface area contributed by atoms with E-state index in [9.17, 15) is 17.6 Å². The highest BCUT2D eigenvalue weighted by molar-refractivity contribution is 5.70. The van der Waals surface area contributed by atoms with Crippen molar-refractivity contribution in [2.45, 2.75) is 24.9 Å². The van der Waals surface area contributed by atoms with Crippen LogP contribution in [0.3, 0.4) is 0 Å². The van der Waals surface area contributed by atoms with Gasteiger partial charge in [-0.25, -0.2) is 4.98 Å². The quantitative estimate of drug-likeness (QED) is 0.550. The number of anilines is 3. The Balaban J connectivity index is 2.04. The lowest BCUT2D eigenvalue weighted by atomic mass is 9.88. The number of aromatic nitrogens is 1. The van der Waals surface area contributed by atoms with Gasteiger partial charge in [0.25, 0.3) is 0 Å². The molecule has 1 atom stereocenters. The van der Waals surface area contributed by atoms with Gasteiger partial charge >= 0.3 is 6.18 Å². The van der Waals surface area contributed by atoms with E-state index < -0.39 is 17.7 Å². The van der Waals surface area contributed by atoms with Gasteiger partial charge in [-0.05, 0) is 55.1 Å². The SMILES string of the molecule is CNc1c(C2CCCNC2)cc(Nc2ccc(F)nc2)cc1C(F)(F)F. The maximum atomic E-state index is 13.6. The van der Waals surface area contributed by atoms with Gasteiger partial charge in [-0.15, -0.1) is 0 Å². The largest absolute Gasteiger partial charge is 0.418 e. The summed E-state index contributed by atoms with van der Waals surface area (Å²) in [6.07, 6.45) is -1.51. The number of alkyl halides is 3. The van der Waals surface area contributed by atoms with E-state index in [0.717, 1.165) is 31.5 Å². The molecule has 1 aliphatic rings. The minimum Gasteiger partial charge on any atom is -0.387 e. The van der Waals surface area contributed by atoms with E-state index in [2.05, 4.69) is 20.9 Å². The zero-order chi connectivity index (χ0) is 18.7. The smallest absolute Gasteiger partial charge is 0.387 e. The number of rotatable bonds is 4. The van der Waals surface area contributed by atoms with Crippen molar-refractivity contribution in [3.05, 3.63) is 47.5 Å². The van der Waals surface area contributed by atoms with Crippen molar-refractivity contribution >= 4 is 17.1 Å². The minimum absolute atomic E-state index is 0.0135. The van der Waals surface area contributed by atoms with Gasteiger partial charge in [0, 0.05) is 25.0 Å². The standard InChI is InChI=1S/C18H20F4N4/c1-23-17-14(11-3-2-6-24-9-11)7-13(8-15(17)18(20,21)22)26-12-4-5-16(19)25-10-12/h4-5,7-8,10-11,23-24,26H,2-3,6,9H2,1H3. The molecule has 0 saturated carbocycles. The van der Waals surface area contributed by atoms with Crippen LogP contribution in [0.2, 0.25) is 0 Å². The molecule has 0 radical (unpaired) electrons. The second-order valence-corrected chi connectivity index (χ2v) is 6.27. The molecule has 8 heteroatoms. The van der Waals surface area contributed by atoms with Gasteiger partial charge in [0.15, 0.2) is 0 Å². The molecule has 1 aromatic carbocycles. The zero-order valence-corrected chi connectivity index (χ0v) is 14.3. The highest BCUT2D eigenvalue weighted by Gasteiger charge is 2.36. The van der Waals surface area contributed by atoms with Gasteiger partial charge in [-0.2, -0.15) is 17.6 Å². The van der Waals surface area contributed by atoms with Crippen LogP contribution in [-0.2, 0) is 6.18 Å². The first-order valence-corrected chi connectivity index (χ1v) is 8.40. The monoisotopic (exact) mass is 368 g/mol.